The molecule has 0 unspecified atom stereocenters. The van der Waals surface area contributed by atoms with Crippen molar-refractivity contribution < 1.29 is 0 Å². The van der Waals surface area contributed by atoms with Crippen LogP contribution in [0.1, 0.15) is 77.1 Å². The van der Waals surface area contributed by atoms with Crippen molar-refractivity contribution in [1.82, 2.24) is 9.97 Å². The normalized spacial score (nSPS) is 15.1. The molecule has 2 N–H and O–H groups in total. The third kappa shape index (κ3) is 3.47. The summed E-state index contributed by atoms with van der Waals surface area (Å²) < 4.78 is 0. The topological polar surface area (TPSA) is 49.8 Å². The molecule has 0 spiro atoms. The second-order valence-electron chi connectivity index (χ2n) is 6.17. The molecule has 2 rings (SSSR count). The van der Waals surface area contributed by atoms with Gasteiger partial charge in [-0.15, -0.1) is 0 Å². The second kappa shape index (κ2) is 6.63. The molecule has 21 heavy (non-hydrogen) atoms. The smallest absolute Gasteiger partial charge is 0.136 e. The molecule has 0 radical (unpaired) electrons. The van der Waals surface area contributed by atoms with E-state index in [1.54, 1.807) is 0 Å². The third-order valence-corrected chi connectivity index (χ3v) is 4.86. The van der Waals surface area contributed by atoms with Gasteiger partial charge >= 0.3 is 0 Å². The standard InChI is InChI=1S/C17H30N4/c1-6-17(7-2,8-3)21-15-12(5)14(18-9-4)19-16(20-15)13-10-11-13/h13H,6-11H2,1-5H3,(H2,18,19,20,21). The zero-order chi connectivity index (χ0) is 15.5. The second-order valence-corrected chi connectivity index (χ2v) is 6.17. The highest BCUT2D eigenvalue weighted by atomic mass is 15.1. The highest BCUT2D eigenvalue weighted by molar-refractivity contribution is 5.58. The van der Waals surface area contributed by atoms with Crippen LogP contribution < -0.4 is 10.6 Å². The van der Waals surface area contributed by atoms with E-state index < -0.39 is 0 Å². The number of hydrogen-bond acceptors (Lipinski definition) is 4. The van der Waals surface area contributed by atoms with Gasteiger partial charge in [0, 0.05) is 23.6 Å². The molecule has 1 saturated carbocycles. The predicted molar refractivity (Wildman–Crippen MR) is 90.1 cm³/mol. The van der Waals surface area contributed by atoms with Crippen molar-refractivity contribution in [1.29, 1.82) is 0 Å². The molecule has 0 saturated heterocycles. The maximum Gasteiger partial charge on any atom is 0.136 e. The maximum absolute atomic E-state index is 4.84. The van der Waals surface area contributed by atoms with Crippen molar-refractivity contribution in [2.75, 3.05) is 17.2 Å². The first-order chi connectivity index (χ1) is 10.1. The molecule has 0 amide bonds. The van der Waals surface area contributed by atoms with Crippen LogP contribution in [0, 0.1) is 6.92 Å². The van der Waals surface area contributed by atoms with E-state index in [0.717, 1.165) is 48.8 Å². The molecule has 1 aliphatic rings. The predicted octanol–water partition coefficient (Wildman–Crippen LogP) is 4.47. The van der Waals surface area contributed by atoms with Crippen LogP contribution in [0.25, 0.3) is 0 Å². The molecule has 0 aliphatic heterocycles. The SMILES string of the molecule is CCNc1nc(C2CC2)nc(NC(CC)(CC)CC)c1C. The number of anilines is 2. The number of aromatic nitrogens is 2. The molecule has 1 aromatic rings. The van der Waals surface area contributed by atoms with Crippen molar-refractivity contribution in [3.05, 3.63) is 11.4 Å². The minimum absolute atomic E-state index is 0.142. The van der Waals surface area contributed by atoms with Crippen LogP contribution >= 0.6 is 0 Å². The molecule has 118 valence electrons. The van der Waals surface area contributed by atoms with Crippen molar-refractivity contribution in [3.8, 4) is 0 Å². The minimum atomic E-state index is 0.142. The van der Waals surface area contributed by atoms with E-state index in [1.807, 2.05) is 0 Å². The number of hydrogen-bond donors (Lipinski definition) is 2. The average Bonchev–Trinajstić information content (AvgIpc) is 3.33. The van der Waals surface area contributed by atoms with Gasteiger partial charge in [-0.3, -0.25) is 0 Å². The van der Waals surface area contributed by atoms with E-state index in [0.29, 0.717) is 5.92 Å². The van der Waals surface area contributed by atoms with Gasteiger partial charge in [0.15, 0.2) is 0 Å². The lowest BCUT2D eigenvalue weighted by Crippen LogP contribution is -2.37. The molecule has 1 aliphatic carbocycles. The van der Waals surface area contributed by atoms with E-state index >= 15 is 0 Å². The monoisotopic (exact) mass is 290 g/mol. The highest BCUT2D eigenvalue weighted by Crippen LogP contribution is 2.40. The summed E-state index contributed by atoms with van der Waals surface area (Å²) in [5, 5.41) is 7.13. The van der Waals surface area contributed by atoms with E-state index in [4.69, 9.17) is 9.97 Å². The third-order valence-electron chi connectivity index (χ3n) is 4.86. The maximum atomic E-state index is 4.84. The first-order valence-electron chi connectivity index (χ1n) is 8.49. The van der Waals surface area contributed by atoms with Crippen molar-refractivity contribution in [3.63, 3.8) is 0 Å². The van der Waals surface area contributed by atoms with E-state index in [-0.39, 0.29) is 5.54 Å². The van der Waals surface area contributed by atoms with Gasteiger partial charge in [-0.2, -0.15) is 0 Å². The lowest BCUT2D eigenvalue weighted by molar-refractivity contribution is 0.418. The Bertz CT molecular complexity index is 468. The summed E-state index contributed by atoms with van der Waals surface area (Å²) in [6.07, 6.45) is 5.79. The Balaban J connectivity index is 2.36. The summed E-state index contributed by atoms with van der Waals surface area (Å²) >= 11 is 0. The Labute approximate surface area is 129 Å². The van der Waals surface area contributed by atoms with E-state index in [9.17, 15) is 0 Å². The Morgan fingerprint density at radius 2 is 1.57 bits per heavy atom. The van der Waals surface area contributed by atoms with Crippen LogP contribution in [0.2, 0.25) is 0 Å². The van der Waals surface area contributed by atoms with Gasteiger partial charge < -0.3 is 10.6 Å². The summed E-state index contributed by atoms with van der Waals surface area (Å²) in [7, 11) is 0. The fourth-order valence-corrected chi connectivity index (χ4v) is 2.79. The molecule has 0 aromatic carbocycles. The van der Waals surface area contributed by atoms with Gasteiger partial charge in [0.25, 0.3) is 0 Å². The lowest BCUT2D eigenvalue weighted by Gasteiger charge is -2.33. The number of nitrogens with zero attached hydrogens (tertiary/aromatic N) is 2. The largest absolute Gasteiger partial charge is 0.370 e. The Kier molecular flexibility index (Phi) is 5.07. The first kappa shape index (κ1) is 16.1. The minimum Gasteiger partial charge on any atom is -0.370 e. The lowest BCUT2D eigenvalue weighted by atomic mass is 9.89. The van der Waals surface area contributed by atoms with Gasteiger partial charge in [0.1, 0.15) is 17.5 Å². The molecule has 1 fully saturated rings. The average molecular weight is 290 g/mol. The van der Waals surface area contributed by atoms with E-state index in [1.165, 1.54) is 12.8 Å². The molecule has 4 nitrogen and oxygen atoms in total. The molecule has 4 heteroatoms. The molecule has 0 bridgehead atoms. The van der Waals surface area contributed by atoms with Gasteiger partial charge in [-0.05, 0) is 46.0 Å². The zero-order valence-corrected chi connectivity index (χ0v) is 14.2. The Morgan fingerprint density at radius 3 is 2.05 bits per heavy atom. The van der Waals surface area contributed by atoms with Gasteiger partial charge in [-0.1, -0.05) is 20.8 Å². The molecular formula is C17H30N4. The quantitative estimate of drug-likeness (QED) is 0.741. The van der Waals surface area contributed by atoms with Crippen LogP contribution in [0.15, 0.2) is 0 Å². The highest BCUT2D eigenvalue weighted by Gasteiger charge is 2.30. The van der Waals surface area contributed by atoms with Gasteiger partial charge in [-0.25, -0.2) is 9.97 Å². The number of nitrogens with one attached hydrogen (secondary N) is 2. The fourth-order valence-electron chi connectivity index (χ4n) is 2.79. The van der Waals surface area contributed by atoms with Crippen LogP contribution in [0.3, 0.4) is 0 Å². The molecular weight excluding hydrogens is 260 g/mol. The zero-order valence-electron chi connectivity index (χ0n) is 14.2. The summed E-state index contributed by atoms with van der Waals surface area (Å²) in [4.78, 5) is 9.57. The summed E-state index contributed by atoms with van der Waals surface area (Å²) in [5.74, 6) is 3.60. The number of rotatable bonds is 8. The van der Waals surface area contributed by atoms with Gasteiger partial charge in [0.2, 0.25) is 0 Å². The van der Waals surface area contributed by atoms with Crippen LogP contribution in [-0.4, -0.2) is 22.1 Å². The van der Waals surface area contributed by atoms with E-state index in [2.05, 4.69) is 45.3 Å². The summed E-state index contributed by atoms with van der Waals surface area (Å²) in [6, 6.07) is 0. The van der Waals surface area contributed by atoms with Crippen molar-refractivity contribution >= 4 is 11.6 Å². The summed E-state index contributed by atoms with van der Waals surface area (Å²) in [6.45, 7) is 11.9. The van der Waals surface area contributed by atoms with Gasteiger partial charge in [0.05, 0.1) is 0 Å². The Morgan fingerprint density at radius 1 is 1.00 bits per heavy atom. The van der Waals surface area contributed by atoms with Crippen LogP contribution in [0.5, 0.6) is 0 Å². The van der Waals surface area contributed by atoms with Crippen molar-refractivity contribution in [2.45, 2.75) is 78.2 Å². The van der Waals surface area contributed by atoms with Crippen LogP contribution in [-0.2, 0) is 0 Å². The molecule has 0 atom stereocenters. The molecule has 1 aromatic heterocycles. The van der Waals surface area contributed by atoms with Crippen LogP contribution in [0.4, 0.5) is 11.6 Å². The molecule has 1 heterocycles. The first-order valence-corrected chi connectivity index (χ1v) is 8.49. The fraction of sp³-hybridized carbons (Fsp3) is 0.765. The summed E-state index contributed by atoms with van der Waals surface area (Å²) in [5.41, 5.74) is 1.28. The van der Waals surface area contributed by atoms with Crippen molar-refractivity contribution in [2.24, 2.45) is 0 Å². The Hall–Kier alpha value is -1.32.